The summed E-state index contributed by atoms with van der Waals surface area (Å²) in [5.41, 5.74) is 0. The van der Waals surface area contributed by atoms with E-state index in [0.29, 0.717) is 0 Å². The number of hydrogen-bond donors (Lipinski definition) is 0. The fourth-order valence-electron chi connectivity index (χ4n) is 2.13. The highest BCUT2D eigenvalue weighted by Gasteiger charge is 2.02. The van der Waals surface area contributed by atoms with Crippen molar-refractivity contribution in [2.24, 2.45) is 0 Å². The van der Waals surface area contributed by atoms with Crippen molar-refractivity contribution < 1.29 is 0 Å². The van der Waals surface area contributed by atoms with E-state index in [1.807, 2.05) is 0 Å². The zero-order valence-electron chi connectivity index (χ0n) is 9.41. The first-order valence-electron chi connectivity index (χ1n) is 5.44. The fraction of sp³-hybridized carbons (Fsp3) is 0.0667. The largest absolute Gasteiger partial charge is 0.130 e. The Morgan fingerprint density at radius 3 is 2.12 bits per heavy atom. The maximum atomic E-state index is 3.55. The molecule has 0 aromatic heterocycles. The van der Waals surface area contributed by atoms with Gasteiger partial charge in [-0.15, -0.1) is 11.8 Å². The molecule has 84 valence electrons. The van der Waals surface area contributed by atoms with E-state index in [4.69, 9.17) is 0 Å². The van der Waals surface area contributed by atoms with Gasteiger partial charge in [0.25, 0.3) is 0 Å². The van der Waals surface area contributed by atoms with Crippen molar-refractivity contribution in [3.8, 4) is 0 Å². The molecule has 2 heteroatoms. The molecule has 0 aliphatic heterocycles. The molecule has 0 amide bonds. The molecule has 0 heterocycles. The number of benzene rings is 3. The Labute approximate surface area is 113 Å². The van der Waals surface area contributed by atoms with Crippen molar-refractivity contribution in [1.29, 1.82) is 0 Å². The minimum atomic E-state index is 1.13. The number of halogens is 1. The van der Waals surface area contributed by atoms with Gasteiger partial charge in [-0.3, -0.25) is 0 Å². The lowest BCUT2D eigenvalue weighted by atomic mass is 10.0. The van der Waals surface area contributed by atoms with E-state index in [9.17, 15) is 0 Å². The third-order valence-corrected chi connectivity index (χ3v) is 4.23. The van der Waals surface area contributed by atoms with Crippen LogP contribution in [0.15, 0.2) is 57.9 Å². The molecule has 0 N–H and O–H groups in total. The molecule has 0 aliphatic rings. The van der Waals surface area contributed by atoms with E-state index in [-0.39, 0.29) is 0 Å². The molecule has 0 saturated heterocycles. The molecule has 0 radical (unpaired) electrons. The zero-order valence-corrected chi connectivity index (χ0v) is 11.8. The quantitative estimate of drug-likeness (QED) is 0.424. The molecule has 3 aromatic carbocycles. The second-order valence-electron chi connectivity index (χ2n) is 4.02. The van der Waals surface area contributed by atoms with Crippen LogP contribution < -0.4 is 0 Å². The highest BCUT2D eigenvalue weighted by molar-refractivity contribution is 9.10. The van der Waals surface area contributed by atoms with Gasteiger partial charge in [-0.2, -0.15) is 0 Å². The molecule has 0 atom stereocenters. The normalized spacial score (nSPS) is 11.2. The van der Waals surface area contributed by atoms with Crippen LogP contribution in [0.25, 0.3) is 21.5 Å². The van der Waals surface area contributed by atoms with E-state index in [1.54, 1.807) is 11.8 Å². The van der Waals surface area contributed by atoms with Gasteiger partial charge in [0.15, 0.2) is 0 Å². The van der Waals surface area contributed by atoms with Gasteiger partial charge in [0.1, 0.15) is 0 Å². The minimum absolute atomic E-state index is 1.13. The first kappa shape index (κ1) is 11.1. The van der Waals surface area contributed by atoms with Crippen LogP contribution >= 0.6 is 27.7 Å². The first-order chi connectivity index (χ1) is 8.28. The lowest BCUT2D eigenvalue weighted by Gasteiger charge is -2.06. The second kappa shape index (κ2) is 4.35. The third kappa shape index (κ3) is 1.96. The molecular formula is C15H11BrS. The predicted molar refractivity (Wildman–Crippen MR) is 80.9 cm³/mol. The molecule has 0 fully saturated rings. The van der Waals surface area contributed by atoms with Crippen LogP contribution in [0.2, 0.25) is 0 Å². The molecule has 3 aromatic rings. The van der Waals surface area contributed by atoms with E-state index in [1.165, 1.54) is 26.4 Å². The van der Waals surface area contributed by atoms with Gasteiger partial charge >= 0.3 is 0 Å². The Kier molecular flexibility index (Phi) is 2.85. The van der Waals surface area contributed by atoms with Crippen LogP contribution in [0, 0.1) is 0 Å². The van der Waals surface area contributed by atoms with Crippen LogP contribution in [-0.2, 0) is 0 Å². The van der Waals surface area contributed by atoms with Gasteiger partial charge in [0.05, 0.1) is 0 Å². The van der Waals surface area contributed by atoms with Crippen molar-refractivity contribution in [3.63, 3.8) is 0 Å². The minimum Gasteiger partial charge on any atom is -0.130 e. The van der Waals surface area contributed by atoms with Crippen molar-refractivity contribution >= 4 is 49.2 Å². The summed E-state index contributed by atoms with van der Waals surface area (Å²) in [5.74, 6) is 0. The van der Waals surface area contributed by atoms with Gasteiger partial charge in [-0.05, 0) is 52.1 Å². The Morgan fingerprint density at radius 1 is 0.824 bits per heavy atom. The standard InChI is InChI=1S/C15H11BrS/c1-17-13-7-5-11-3-2-10-4-6-12(16)8-14(10)15(11)9-13/h2-9H,1H3. The number of hydrogen-bond acceptors (Lipinski definition) is 1. The molecular weight excluding hydrogens is 292 g/mol. The van der Waals surface area contributed by atoms with Gasteiger partial charge in [0.2, 0.25) is 0 Å². The first-order valence-corrected chi connectivity index (χ1v) is 7.46. The van der Waals surface area contributed by atoms with Crippen molar-refractivity contribution in [3.05, 3.63) is 53.0 Å². The highest BCUT2D eigenvalue weighted by atomic mass is 79.9. The highest BCUT2D eigenvalue weighted by Crippen LogP contribution is 2.30. The second-order valence-corrected chi connectivity index (χ2v) is 5.81. The molecule has 0 aliphatic carbocycles. The van der Waals surface area contributed by atoms with E-state index >= 15 is 0 Å². The molecule has 0 spiro atoms. The summed E-state index contributed by atoms with van der Waals surface area (Å²) < 4.78 is 1.13. The summed E-state index contributed by atoms with van der Waals surface area (Å²) in [7, 11) is 0. The fourth-order valence-corrected chi connectivity index (χ4v) is 2.93. The van der Waals surface area contributed by atoms with Gasteiger partial charge in [-0.1, -0.05) is 40.2 Å². The van der Waals surface area contributed by atoms with Crippen molar-refractivity contribution in [1.82, 2.24) is 0 Å². The lowest BCUT2D eigenvalue weighted by molar-refractivity contribution is 1.52. The average Bonchev–Trinajstić information content (AvgIpc) is 2.38. The summed E-state index contributed by atoms with van der Waals surface area (Å²) in [4.78, 5) is 1.31. The van der Waals surface area contributed by atoms with Crippen molar-refractivity contribution in [2.75, 3.05) is 6.26 Å². The predicted octanol–water partition coefficient (Wildman–Crippen LogP) is 5.48. The Bertz CT molecular complexity index is 704. The molecule has 0 bridgehead atoms. The third-order valence-electron chi connectivity index (χ3n) is 3.01. The van der Waals surface area contributed by atoms with E-state index in [2.05, 4.69) is 70.7 Å². The number of rotatable bonds is 1. The number of thioether (sulfide) groups is 1. The topological polar surface area (TPSA) is 0 Å². The van der Waals surface area contributed by atoms with Gasteiger partial charge in [-0.25, -0.2) is 0 Å². The van der Waals surface area contributed by atoms with Crippen LogP contribution in [-0.4, -0.2) is 6.26 Å². The summed E-state index contributed by atoms with van der Waals surface area (Å²) in [6.45, 7) is 0. The molecule has 17 heavy (non-hydrogen) atoms. The SMILES string of the molecule is CSc1ccc2ccc3ccc(Br)cc3c2c1. The van der Waals surface area contributed by atoms with Crippen LogP contribution in [0.5, 0.6) is 0 Å². The van der Waals surface area contributed by atoms with E-state index in [0.717, 1.165) is 4.47 Å². The Balaban J connectivity index is 2.47. The molecule has 0 saturated carbocycles. The van der Waals surface area contributed by atoms with Crippen LogP contribution in [0.4, 0.5) is 0 Å². The van der Waals surface area contributed by atoms with Crippen LogP contribution in [0.3, 0.4) is 0 Å². The Hall–Kier alpha value is -0.990. The summed E-state index contributed by atoms with van der Waals surface area (Å²) >= 11 is 5.33. The molecule has 3 rings (SSSR count). The Morgan fingerprint density at radius 2 is 1.41 bits per heavy atom. The summed E-state index contributed by atoms with van der Waals surface area (Å²) in [6, 6.07) is 17.5. The maximum absolute atomic E-state index is 3.55. The van der Waals surface area contributed by atoms with Crippen molar-refractivity contribution in [2.45, 2.75) is 4.90 Å². The molecule has 0 nitrogen and oxygen atoms in total. The lowest BCUT2D eigenvalue weighted by Crippen LogP contribution is -1.79. The molecule has 0 unspecified atom stereocenters. The average molecular weight is 303 g/mol. The van der Waals surface area contributed by atoms with E-state index < -0.39 is 0 Å². The summed E-state index contributed by atoms with van der Waals surface area (Å²) in [6.07, 6.45) is 2.11. The summed E-state index contributed by atoms with van der Waals surface area (Å²) in [5, 5.41) is 5.23. The smallest absolute Gasteiger partial charge is 0.0181 e. The van der Waals surface area contributed by atoms with Crippen LogP contribution in [0.1, 0.15) is 0 Å². The van der Waals surface area contributed by atoms with Gasteiger partial charge in [0, 0.05) is 9.37 Å². The maximum Gasteiger partial charge on any atom is 0.0181 e. The number of fused-ring (bicyclic) bond motifs is 3. The monoisotopic (exact) mass is 302 g/mol. The van der Waals surface area contributed by atoms with Gasteiger partial charge < -0.3 is 0 Å². The zero-order chi connectivity index (χ0) is 11.8.